The molecule has 0 spiro atoms. The Morgan fingerprint density at radius 2 is 1.90 bits per heavy atom. The predicted octanol–water partition coefficient (Wildman–Crippen LogP) is 3.41. The molecule has 1 heterocycles. The van der Waals surface area contributed by atoms with Gasteiger partial charge in [-0.05, 0) is 43.2 Å². The first kappa shape index (κ1) is 14.1. The summed E-state index contributed by atoms with van der Waals surface area (Å²) < 4.78 is 4.74. The zero-order valence-corrected chi connectivity index (χ0v) is 11.9. The van der Waals surface area contributed by atoms with E-state index in [-0.39, 0.29) is 11.9 Å². The quantitative estimate of drug-likeness (QED) is 0.865. The average Bonchev–Trinajstić information content (AvgIpc) is 2.49. The van der Waals surface area contributed by atoms with Gasteiger partial charge in [-0.25, -0.2) is 4.98 Å². The minimum atomic E-state index is -0.258. The Labute approximate surface area is 118 Å². The summed E-state index contributed by atoms with van der Waals surface area (Å²) in [6, 6.07) is 11.6. The van der Waals surface area contributed by atoms with Gasteiger partial charge in [0.05, 0.1) is 13.0 Å². The van der Waals surface area contributed by atoms with Gasteiger partial charge in [-0.15, -0.1) is 0 Å². The second kappa shape index (κ2) is 6.19. The van der Waals surface area contributed by atoms with Crippen molar-refractivity contribution in [2.45, 2.75) is 19.8 Å². The van der Waals surface area contributed by atoms with Crippen LogP contribution in [0.4, 0.5) is 11.5 Å². The van der Waals surface area contributed by atoms with E-state index in [1.165, 1.54) is 7.11 Å². The van der Waals surface area contributed by atoms with Crippen LogP contribution in [0.3, 0.4) is 0 Å². The molecule has 1 N–H and O–H groups in total. The van der Waals surface area contributed by atoms with E-state index in [1.807, 2.05) is 56.4 Å². The van der Waals surface area contributed by atoms with Crippen molar-refractivity contribution < 1.29 is 9.53 Å². The number of benzene rings is 1. The van der Waals surface area contributed by atoms with E-state index < -0.39 is 0 Å². The molecule has 0 aliphatic carbocycles. The molecule has 1 aromatic carbocycles. The van der Waals surface area contributed by atoms with Crippen LogP contribution in [-0.2, 0) is 9.53 Å². The molecular weight excluding hydrogens is 252 g/mol. The SMILES string of the molecule is COC(=O)[C@@H](C)c1ccc(Nc2ccc(C)cn2)cc1. The summed E-state index contributed by atoms with van der Waals surface area (Å²) in [7, 11) is 1.40. The van der Waals surface area contributed by atoms with Crippen LogP contribution >= 0.6 is 0 Å². The fraction of sp³-hybridized carbons (Fsp3) is 0.250. The lowest BCUT2D eigenvalue weighted by Crippen LogP contribution is -2.10. The molecule has 0 aliphatic heterocycles. The first-order valence-corrected chi connectivity index (χ1v) is 6.47. The maximum atomic E-state index is 11.5. The van der Waals surface area contributed by atoms with Gasteiger partial charge in [0.25, 0.3) is 0 Å². The third-order valence-corrected chi connectivity index (χ3v) is 3.15. The Kier molecular flexibility index (Phi) is 4.35. The number of nitrogens with zero attached hydrogens (tertiary/aromatic N) is 1. The highest BCUT2D eigenvalue weighted by Gasteiger charge is 2.14. The van der Waals surface area contributed by atoms with Crippen molar-refractivity contribution >= 4 is 17.5 Å². The topological polar surface area (TPSA) is 51.2 Å². The van der Waals surface area contributed by atoms with Crippen molar-refractivity contribution in [3.63, 3.8) is 0 Å². The summed E-state index contributed by atoms with van der Waals surface area (Å²) in [6.45, 7) is 3.83. The molecule has 1 atom stereocenters. The van der Waals surface area contributed by atoms with Crippen LogP contribution in [0.2, 0.25) is 0 Å². The number of esters is 1. The van der Waals surface area contributed by atoms with Gasteiger partial charge in [-0.2, -0.15) is 0 Å². The molecule has 4 nitrogen and oxygen atoms in total. The maximum absolute atomic E-state index is 11.5. The third kappa shape index (κ3) is 3.35. The number of aryl methyl sites for hydroxylation is 1. The molecule has 2 aromatic rings. The van der Waals surface area contributed by atoms with Gasteiger partial charge < -0.3 is 10.1 Å². The van der Waals surface area contributed by atoms with E-state index in [4.69, 9.17) is 4.74 Å². The summed E-state index contributed by atoms with van der Waals surface area (Å²) in [5, 5.41) is 3.21. The van der Waals surface area contributed by atoms with Crippen molar-refractivity contribution in [2.75, 3.05) is 12.4 Å². The number of ether oxygens (including phenoxy) is 1. The number of hydrogen-bond acceptors (Lipinski definition) is 4. The minimum absolute atomic E-state index is 0.231. The summed E-state index contributed by atoms with van der Waals surface area (Å²) in [6.07, 6.45) is 1.82. The molecule has 0 unspecified atom stereocenters. The van der Waals surface area contributed by atoms with Gasteiger partial charge in [0.2, 0.25) is 0 Å². The molecule has 1 aromatic heterocycles. The van der Waals surface area contributed by atoms with Crippen molar-refractivity contribution in [3.05, 3.63) is 53.7 Å². The molecule has 20 heavy (non-hydrogen) atoms. The van der Waals surface area contributed by atoms with Crippen LogP contribution in [0.25, 0.3) is 0 Å². The molecule has 0 radical (unpaired) electrons. The Morgan fingerprint density at radius 1 is 1.20 bits per heavy atom. The van der Waals surface area contributed by atoms with E-state index in [0.717, 1.165) is 22.6 Å². The fourth-order valence-electron chi connectivity index (χ4n) is 1.86. The second-order valence-electron chi connectivity index (χ2n) is 4.71. The monoisotopic (exact) mass is 270 g/mol. The van der Waals surface area contributed by atoms with E-state index in [1.54, 1.807) is 0 Å². The Hall–Kier alpha value is -2.36. The van der Waals surface area contributed by atoms with Gasteiger partial charge in [-0.1, -0.05) is 18.2 Å². The largest absolute Gasteiger partial charge is 0.469 e. The highest BCUT2D eigenvalue weighted by molar-refractivity contribution is 5.77. The molecule has 2 rings (SSSR count). The van der Waals surface area contributed by atoms with Crippen molar-refractivity contribution in [2.24, 2.45) is 0 Å². The zero-order chi connectivity index (χ0) is 14.5. The van der Waals surface area contributed by atoms with E-state index in [9.17, 15) is 4.79 Å². The average molecular weight is 270 g/mol. The number of nitrogens with one attached hydrogen (secondary N) is 1. The molecule has 104 valence electrons. The second-order valence-corrected chi connectivity index (χ2v) is 4.71. The van der Waals surface area contributed by atoms with Crippen LogP contribution in [0.1, 0.15) is 24.0 Å². The maximum Gasteiger partial charge on any atom is 0.312 e. The molecule has 0 aliphatic rings. The first-order valence-electron chi connectivity index (χ1n) is 6.47. The van der Waals surface area contributed by atoms with E-state index in [0.29, 0.717) is 0 Å². The van der Waals surface area contributed by atoms with Crippen molar-refractivity contribution in [1.82, 2.24) is 4.98 Å². The van der Waals surface area contributed by atoms with E-state index >= 15 is 0 Å². The lowest BCUT2D eigenvalue weighted by atomic mass is 10.0. The lowest BCUT2D eigenvalue weighted by molar-refractivity contribution is -0.141. The molecule has 4 heteroatoms. The van der Waals surface area contributed by atoms with Crippen LogP contribution in [0.5, 0.6) is 0 Å². The molecule has 0 fully saturated rings. The van der Waals surface area contributed by atoms with Gasteiger partial charge in [-0.3, -0.25) is 4.79 Å². The first-order chi connectivity index (χ1) is 9.60. The number of rotatable bonds is 4. The normalized spacial score (nSPS) is 11.8. The third-order valence-electron chi connectivity index (χ3n) is 3.15. The summed E-state index contributed by atoms with van der Waals surface area (Å²) in [5.41, 5.74) is 2.99. The fourth-order valence-corrected chi connectivity index (χ4v) is 1.86. The molecule has 0 saturated heterocycles. The van der Waals surface area contributed by atoms with Crippen LogP contribution in [-0.4, -0.2) is 18.1 Å². The number of aromatic nitrogens is 1. The van der Waals surface area contributed by atoms with Crippen LogP contribution < -0.4 is 5.32 Å². The Balaban J connectivity index is 2.08. The highest BCUT2D eigenvalue weighted by atomic mass is 16.5. The number of pyridine rings is 1. The molecule has 0 saturated carbocycles. The summed E-state index contributed by atoms with van der Waals surface area (Å²) >= 11 is 0. The number of carbonyl (C=O) groups excluding carboxylic acids is 1. The summed E-state index contributed by atoms with van der Waals surface area (Å²) in [4.78, 5) is 15.8. The minimum Gasteiger partial charge on any atom is -0.469 e. The number of hydrogen-bond donors (Lipinski definition) is 1. The Bertz CT molecular complexity index is 576. The number of methoxy groups -OCH3 is 1. The number of anilines is 2. The molecular formula is C16H18N2O2. The Morgan fingerprint density at radius 3 is 2.45 bits per heavy atom. The smallest absolute Gasteiger partial charge is 0.312 e. The van der Waals surface area contributed by atoms with Gasteiger partial charge in [0, 0.05) is 11.9 Å². The molecule has 0 amide bonds. The molecule has 0 bridgehead atoms. The highest BCUT2D eigenvalue weighted by Crippen LogP contribution is 2.21. The predicted molar refractivity (Wildman–Crippen MR) is 79.1 cm³/mol. The van der Waals surface area contributed by atoms with Gasteiger partial charge in [0.1, 0.15) is 5.82 Å². The summed E-state index contributed by atoms with van der Waals surface area (Å²) in [5.74, 6) is 0.307. The van der Waals surface area contributed by atoms with E-state index in [2.05, 4.69) is 10.3 Å². The number of carbonyl (C=O) groups is 1. The zero-order valence-electron chi connectivity index (χ0n) is 11.9. The standard InChI is InChI=1S/C16H18N2O2/c1-11-4-9-15(17-10-11)18-14-7-5-13(6-8-14)12(2)16(19)20-3/h4-10,12H,1-3H3,(H,17,18)/t12-/m0/s1. The van der Waals surface area contributed by atoms with Crippen molar-refractivity contribution in [1.29, 1.82) is 0 Å². The van der Waals surface area contributed by atoms with Crippen LogP contribution in [0.15, 0.2) is 42.6 Å². The lowest BCUT2D eigenvalue weighted by Gasteiger charge is -2.11. The van der Waals surface area contributed by atoms with Gasteiger partial charge >= 0.3 is 5.97 Å². The van der Waals surface area contributed by atoms with Gasteiger partial charge in [0.15, 0.2) is 0 Å². The van der Waals surface area contributed by atoms with Crippen molar-refractivity contribution in [3.8, 4) is 0 Å². The van der Waals surface area contributed by atoms with Crippen LogP contribution in [0, 0.1) is 6.92 Å².